The van der Waals surface area contributed by atoms with Crippen LogP contribution in [0, 0.1) is 5.92 Å². The number of anilines is 1. The van der Waals surface area contributed by atoms with Crippen molar-refractivity contribution in [2.24, 2.45) is 5.92 Å². The molecule has 2 aromatic heterocycles. The SMILES string of the molecule is O=C(Nc1ccc(-n2cnc3ccccc32)cc1)C1CC(=O)N(Cc2ccco2)C1. The van der Waals surface area contributed by atoms with Gasteiger partial charge in [-0.05, 0) is 48.5 Å². The van der Waals surface area contributed by atoms with Crippen LogP contribution in [-0.2, 0) is 16.1 Å². The molecule has 1 aliphatic heterocycles. The maximum Gasteiger partial charge on any atom is 0.229 e. The molecule has 0 aliphatic carbocycles. The number of furan rings is 1. The molecule has 3 heterocycles. The standard InChI is InChI=1S/C23H20N4O3/c28-22-12-16(13-26(22)14-19-4-3-11-30-19)23(29)25-17-7-9-18(10-8-17)27-15-24-20-5-1-2-6-21(20)27/h1-11,15-16H,12-14H2,(H,25,29). The normalized spacial score (nSPS) is 16.3. The molecule has 5 rings (SSSR count). The summed E-state index contributed by atoms with van der Waals surface area (Å²) in [4.78, 5) is 31.0. The number of rotatable bonds is 5. The van der Waals surface area contributed by atoms with Crippen molar-refractivity contribution in [1.29, 1.82) is 0 Å². The number of imidazole rings is 1. The van der Waals surface area contributed by atoms with Gasteiger partial charge in [-0.3, -0.25) is 14.2 Å². The summed E-state index contributed by atoms with van der Waals surface area (Å²) in [7, 11) is 0. The molecular formula is C23H20N4O3. The molecule has 0 saturated carbocycles. The van der Waals surface area contributed by atoms with E-state index in [0.717, 1.165) is 16.7 Å². The van der Waals surface area contributed by atoms with Crippen LogP contribution in [0.5, 0.6) is 0 Å². The summed E-state index contributed by atoms with van der Waals surface area (Å²) in [6.45, 7) is 0.785. The van der Waals surface area contributed by atoms with Crippen LogP contribution >= 0.6 is 0 Å². The van der Waals surface area contributed by atoms with E-state index in [1.165, 1.54) is 0 Å². The molecule has 2 amide bonds. The summed E-state index contributed by atoms with van der Waals surface area (Å²) in [6.07, 6.45) is 3.58. The van der Waals surface area contributed by atoms with Crippen LogP contribution in [0.2, 0.25) is 0 Å². The minimum absolute atomic E-state index is 0.0334. The molecule has 1 atom stereocenters. The number of nitrogens with zero attached hydrogens (tertiary/aromatic N) is 3. The molecule has 1 N–H and O–H groups in total. The fourth-order valence-electron chi connectivity index (χ4n) is 3.81. The average Bonchev–Trinajstić information content (AvgIpc) is 3.50. The fourth-order valence-corrected chi connectivity index (χ4v) is 3.81. The Bertz CT molecular complexity index is 1190. The summed E-state index contributed by atoms with van der Waals surface area (Å²) in [5, 5.41) is 2.93. The molecule has 0 spiro atoms. The van der Waals surface area contributed by atoms with Gasteiger partial charge in [0.15, 0.2) is 0 Å². The van der Waals surface area contributed by atoms with Gasteiger partial charge in [0.1, 0.15) is 12.1 Å². The minimum atomic E-state index is -0.371. The number of carbonyl (C=O) groups is 2. The second-order valence-electron chi connectivity index (χ2n) is 7.39. The van der Waals surface area contributed by atoms with Crippen molar-refractivity contribution in [2.75, 3.05) is 11.9 Å². The maximum atomic E-state index is 12.7. The molecule has 2 aromatic carbocycles. The monoisotopic (exact) mass is 400 g/mol. The van der Waals surface area contributed by atoms with Gasteiger partial charge in [-0.1, -0.05) is 12.1 Å². The van der Waals surface area contributed by atoms with Gasteiger partial charge in [0, 0.05) is 24.3 Å². The van der Waals surface area contributed by atoms with E-state index in [0.29, 0.717) is 24.5 Å². The Hall–Kier alpha value is -3.87. The predicted molar refractivity (Wildman–Crippen MR) is 112 cm³/mol. The molecule has 0 radical (unpaired) electrons. The quantitative estimate of drug-likeness (QED) is 0.555. The van der Waals surface area contributed by atoms with Crippen LogP contribution < -0.4 is 5.32 Å². The highest BCUT2D eigenvalue weighted by atomic mass is 16.3. The highest BCUT2D eigenvalue weighted by Crippen LogP contribution is 2.23. The van der Waals surface area contributed by atoms with Gasteiger partial charge in [0.25, 0.3) is 0 Å². The smallest absolute Gasteiger partial charge is 0.229 e. The Morgan fingerprint density at radius 1 is 1.10 bits per heavy atom. The largest absolute Gasteiger partial charge is 0.467 e. The molecule has 7 heteroatoms. The lowest BCUT2D eigenvalue weighted by Crippen LogP contribution is -2.27. The summed E-state index contributed by atoms with van der Waals surface area (Å²) in [5.74, 6) is 0.164. The Balaban J connectivity index is 1.25. The number of para-hydroxylation sites is 2. The van der Waals surface area contributed by atoms with Crippen LogP contribution in [0.1, 0.15) is 12.2 Å². The van der Waals surface area contributed by atoms with Crippen LogP contribution in [-0.4, -0.2) is 32.8 Å². The van der Waals surface area contributed by atoms with Crippen molar-refractivity contribution in [2.45, 2.75) is 13.0 Å². The molecule has 1 fully saturated rings. The summed E-state index contributed by atoms with van der Waals surface area (Å²) >= 11 is 0. The molecule has 7 nitrogen and oxygen atoms in total. The molecule has 1 saturated heterocycles. The first-order valence-corrected chi connectivity index (χ1v) is 9.81. The van der Waals surface area contributed by atoms with E-state index in [1.54, 1.807) is 23.6 Å². The van der Waals surface area contributed by atoms with E-state index in [-0.39, 0.29) is 24.2 Å². The number of carbonyl (C=O) groups excluding carboxylic acids is 2. The molecule has 4 aromatic rings. The van der Waals surface area contributed by atoms with Crippen molar-refractivity contribution in [1.82, 2.24) is 14.5 Å². The summed E-state index contributed by atoms with van der Waals surface area (Å²) in [6, 6.07) is 19.1. The van der Waals surface area contributed by atoms with E-state index < -0.39 is 0 Å². The topological polar surface area (TPSA) is 80.4 Å². The van der Waals surface area contributed by atoms with Crippen LogP contribution in [0.15, 0.2) is 77.7 Å². The van der Waals surface area contributed by atoms with Crippen LogP contribution in [0.25, 0.3) is 16.7 Å². The number of aromatic nitrogens is 2. The van der Waals surface area contributed by atoms with Gasteiger partial charge in [-0.2, -0.15) is 0 Å². The number of hydrogen-bond acceptors (Lipinski definition) is 4. The number of amides is 2. The van der Waals surface area contributed by atoms with E-state index in [2.05, 4.69) is 10.3 Å². The summed E-state index contributed by atoms with van der Waals surface area (Å²) in [5.41, 5.74) is 3.61. The third kappa shape index (κ3) is 3.45. The lowest BCUT2D eigenvalue weighted by Gasteiger charge is -2.15. The minimum Gasteiger partial charge on any atom is -0.467 e. The van der Waals surface area contributed by atoms with Crippen molar-refractivity contribution in [3.8, 4) is 5.69 Å². The molecule has 0 bridgehead atoms. The third-order valence-electron chi connectivity index (χ3n) is 5.38. The van der Waals surface area contributed by atoms with E-state index in [4.69, 9.17) is 4.42 Å². The first kappa shape index (κ1) is 18.2. The second-order valence-corrected chi connectivity index (χ2v) is 7.39. The zero-order valence-corrected chi connectivity index (χ0v) is 16.2. The van der Waals surface area contributed by atoms with Gasteiger partial charge >= 0.3 is 0 Å². The first-order chi connectivity index (χ1) is 14.7. The summed E-state index contributed by atoms with van der Waals surface area (Å²) < 4.78 is 7.31. The van der Waals surface area contributed by atoms with E-state index in [9.17, 15) is 9.59 Å². The number of nitrogens with one attached hydrogen (secondary N) is 1. The predicted octanol–water partition coefficient (Wildman–Crippen LogP) is 3.61. The maximum absolute atomic E-state index is 12.7. The van der Waals surface area contributed by atoms with Crippen molar-refractivity contribution < 1.29 is 14.0 Å². The fraction of sp³-hybridized carbons (Fsp3) is 0.174. The molecular weight excluding hydrogens is 380 g/mol. The van der Waals surface area contributed by atoms with E-state index >= 15 is 0 Å². The van der Waals surface area contributed by atoms with Gasteiger partial charge in [0.05, 0.1) is 29.8 Å². The molecule has 1 unspecified atom stereocenters. The van der Waals surface area contributed by atoms with E-state index in [1.807, 2.05) is 59.2 Å². The Labute approximate surface area is 172 Å². The van der Waals surface area contributed by atoms with Crippen molar-refractivity contribution >= 4 is 28.5 Å². The van der Waals surface area contributed by atoms with Crippen molar-refractivity contribution in [3.63, 3.8) is 0 Å². The number of likely N-dealkylation sites (tertiary alicyclic amines) is 1. The zero-order valence-electron chi connectivity index (χ0n) is 16.2. The second kappa shape index (κ2) is 7.51. The van der Waals surface area contributed by atoms with Gasteiger partial charge in [-0.15, -0.1) is 0 Å². The Kier molecular flexibility index (Phi) is 4.55. The average molecular weight is 400 g/mol. The van der Waals surface area contributed by atoms with Gasteiger partial charge in [0.2, 0.25) is 11.8 Å². The number of benzene rings is 2. The molecule has 1 aliphatic rings. The van der Waals surface area contributed by atoms with Crippen LogP contribution in [0.4, 0.5) is 5.69 Å². The lowest BCUT2D eigenvalue weighted by molar-refractivity contribution is -0.128. The Morgan fingerprint density at radius 2 is 1.93 bits per heavy atom. The Morgan fingerprint density at radius 3 is 2.73 bits per heavy atom. The number of hydrogen-bond donors (Lipinski definition) is 1. The van der Waals surface area contributed by atoms with Gasteiger partial charge < -0.3 is 14.6 Å². The van der Waals surface area contributed by atoms with Crippen LogP contribution in [0.3, 0.4) is 0 Å². The highest BCUT2D eigenvalue weighted by molar-refractivity contribution is 5.97. The number of fused-ring (bicyclic) bond motifs is 1. The zero-order chi connectivity index (χ0) is 20.5. The van der Waals surface area contributed by atoms with Gasteiger partial charge in [-0.25, -0.2) is 4.98 Å². The lowest BCUT2D eigenvalue weighted by atomic mass is 10.1. The first-order valence-electron chi connectivity index (χ1n) is 9.81. The highest BCUT2D eigenvalue weighted by Gasteiger charge is 2.34. The molecule has 150 valence electrons. The third-order valence-corrected chi connectivity index (χ3v) is 5.38. The molecule has 30 heavy (non-hydrogen) atoms. The van der Waals surface area contributed by atoms with Crippen molar-refractivity contribution in [3.05, 3.63) is 79.0 Å².